The summed E-state index contributed by atoms with van der Waals surface area (Å²) in [7, 11) is 0. The topological polar surface area (TPSA) is 23.5 Å². The average molecular weight is 284 g/mol. The van der Waals surface area contributed by atoms with Crippen LogP contribution >= 0.6 is 15.9 Å². The Morgan fingerprint density at radius 2 is 2.25 bits per heavy atom. The Kier molecular flexibility index (Phi) is 3.87. The molecule has 2 rings (SSSR count). The van der Waals surface area contributed by atoms with Gasteiger partial charge < -0.3 is 10.0 Å². The van der Waals surface area contributed by atoms with E-state index in [1.807, 2.05) is 12.1 Å². The molecule has 1 heterocycles. The number of aliphatic hydroxyl groups excluding tert-OH is 1. The summed E-state index contributed by atoms with van der Waals surface area (Å²) in [5.41, 5.74) is 2.21. The zero-order valence-corrected chi connectivity index (χ0v) is 11.2. The smallest absolute Gasteiger partial charge is 0.0702 e. The van der Waals surface area contributed by atoms with Crippen LogP contribution in [0.5, 0.6) is 0 Å². The first-order valence-corrected chi connectivity index (χ1v) is 6.67. The second kappa shape index (κ2) is 5.19. The minimum absolute atomic E-state index is 0.117. The van der Waals surface area contributed by atoms with Crippen LogP contribution in [-0.2, 0) is 6.61 Å². The third-order valence-electron chi connectivity index (χ3n) is 3.33. The SMILES string of the molecule is CC1CCCCN1c1cc(Br)ccc1CO. The molecular weight excluding hydrogens is 266 g/mol. The van der Waals surface area contributed by atoms with E-state index in [2.05, 4.69) is 33.8 Å². The van der Waals surface area contributed by atoms with E-state index >= 15 is 0 Å². The van der Waals surface area contributed by atoms with Crippen LogP contribution in [0.3, 0.4) is 0 Å². The fourth-order valence-corrected chi connectivity index (χ4v) is 2.74. The lowest BCUT2D eigenvalue weighted by atomic mass is 10.0. The Hall–Kier alpha value is -0.540. The summed E-state index contributed by atoms with van der Waals surface area (Å²) in [5, 5.41) is 9.38. The van der Waals surface area contributed by atoms with E-state index < -0.39 is 0 Å². The van der Waals surface area contributed by atoms with Crippen LogP contribution in [0, 0.1) is 0 Å². The van der Waals surface area contributed by atoms with E-state index in [9.17, 15) is 5.11 Å². The van der Waals surface area contributed by atoms with Crippen molar-refractivity contribution >= 4 is 21.6 Å². The number of piperidine rings is 1. The normalized spacial score (nSPS) is 21.2. The summed E-state index contributed by atoms with van der Waals surface area (Å²) in [4.78, 5) is 2.42. The van der Waals surface area contributed by atoms with E-state index in [1.54, 1.807) is 0 Å². The van der Waals surface area contributed by atoms with Crippen LogP contribution < -0.4 is 4.90 Å². The van der Waals surface area contributed by atoms with E-state index in [-0.39, 0.29) is 6.61 Å². The van der Waals surface area contributed by atoms with Crippen molar-refractivity contribution in [2.75, 3.05) is 11.4 Å². The number of benzene rings is 1. The highest BCUT2D eigenvalue weighted by molar-refractivity contribution is 9.10. The first-order valence-electron chi connectivity index (χ1n) is 5.88. The van der Waals surface area contributed by atoms with Gasteiger partial charge in [-0.25, -0.2) is 0 Å². The van der Waals surface area contributed by atoms with Crippen molar-refractivity contribution < 1.29 is 5.11 Å². The lowest BCUT2D eigenvalue weighted by molar-refractivity contribution is 0.281. The van der Waals surface area contributed by atoms with E-state index in [0.29, 0.717) is 6.04 Å². The van der Waals surface area contributed by atoms with Gasteiger partial charge in [-0.05, 0) is 38.3 Å². The lowest BCUT2D eigenvalue weighted by Gasteiger charge is -2.36. The Morgan fingerprint density at radius 1 is 1.44 bits per heavy atom. The van der Waals surface area contributed by atoms with Crippen molar-refractivity contribution in [2.45, 2.75) is 38.8 Å². The third kappa shape index (κ3) is 2.41. The maximum absolute atomic E-state index is 9.38. The highest BCUT2D eigenvalue weighted by atomic mass is 79.9. The van der Waals surface area contributed by atoms with Crippen LogP contribution in [0.2, 0.25) is 0 Å². The van der Waals surface area contributed by atoms with Gasteiger partial charge in [0.1, 0.15) is 0 Å². The van der Waals surface area contributed by atoms with Crippen molar-refractivity contribution in [1.82, 2.24) is 0 Å². The first kappa shape index (κ1) is 11.9. The lowest BCUT2D eigenvalue weighted by Crippen LogP contribution is -2.38. The number of aliphatic hydroxyl groups is 1. The van der Waals surface area contributed by atoms with Crippen LogP contribution in [0.25, 0.3) is 0 Å². The van der Waals surface area contributed by atoms with E-state index in [0.717, 1.165) is 16.6 Å². The molecule has 1 aromatic carbocycles. The molecule has 2 nitrogen and oxygen atoms in total. The molecule has 88 valence electrons. The Balaban J connectivity index is 2.33. The Labute approximate surface area is 105 Å². The van der Waals surface area contributed by atoms with Crippen LogP contribution in [-0.4, -0.2) is 17.7 Å². The number of hydrogen-bond acceptors (Lipinski definition) is 2. The minimum Gasteiger partial charge on any atom is -0.392 e. The number of hydrogen-bond donors (Lipinski definition) is 1. The molecule has 0 aromatic heterocycles. The molecule has 3 heteroatoms. The first-order chi connectivity index (χ1) is 7.72. The molecule has 1 aliphatic heterocycles. The van der Waals surface area contributed by atoms with Gasteiger partial charge in [0, 0.05) is 28.3 Å². The van der Waals surface area contributed by atoms with Crippen LogP contribution in [0.15, 0.2) is 22.7 Å². The van der Waals surface area contributed by atoms with Gasteiger partial charge in [-0.2, -0.15) is 0 Å². The molecule has 1 atom stereocenters. The highest BCUT2D eigenvalue weighted by Gasteiger charge is 2.20. The molecule has 1 unspecified atom stereocenters. The highest BCUT2D eigenvalue weighted by Crippen LogP contribution is 2.30. The van der Waals surface area contributed by atoms with Crippen molar-refractivity contribution in [1.29, 1.82) is 0 Å². The minimum atomic E-state index is 0.117. The maximum atomic E-state index is 9.38. The van der Waals surface area contributed by atoms with Gasteiger partial charge >= 0.3 is 0 Å². The fourth-order valence-electron chi connectivity index (χ4n) is 2.39. The molecule has 16 heavy (non-hydrogen) atoms. The second-order valence-electron chi connectivity index (χ2n) is 4.47. The predicted octanol–water partition coefficient (Wildman–Crippen LogP) is 3.32. The number of anilines is 1. The molecule has 0 aliphatic carbocycles. The Bertz CT molecular complexity index is 367. The molecule has 0 spiro atoms. The fraction of sp³-hybridized carbons (Fsp3) is 0.538. The average Bonchev–Trinajstić information content (AvgIpc) is 2.29. The molecule has 1 aliphatic rings. The summed E-state index contributed by atoms with van der Waals surface area (Å²) >= 11 is 3.50. The molecule has 0 bridgehead atoms. The molecule has 1 aromatic rings. The molecule has 1 N–H and O–H groups in total. The molecule has 0 amide bonds. The summed E-state index contributed by atoms with van der Waals surface area (Å²) in [6.45, 7) is 3.48. The summed E-state index contributed by atoms with van der Waals surface area (Å²) < 4.78 is 1.08. The standard InChI is InChI=1S/C13H18BrNO/c1-10-4-2-3-7-15(10)13-8-12(14)6-5-11(13)9-16/h5-6,8,10,16H,2-4,7,9H2,1H3. The quantitative estimate of drug-likeness (QED) is 0.900. The Morgan fingerprint density at radius 3 is 2.94 bits per heavy atom. The molecular formula is C13H18BrNO. The summed E-state index contributed by atoms with van der Waals surface area (Å²) in [6, 6.07) is 6.69. The number of halogens is 1. The van der Waals surface area contributed by atoms with E-state index in [1.165, 1.54) is 24.9 Å². The zero-order chi connectivity index (χ0) is 11.5. The van der Waals surface area contributed by atoms with Crippen molar-refractivity contribution in [3.8, 4) is 0 Å². The van der Waals surface area contributed by atoms with E-state index in [4.69, 9.17) is 0 Å². The summed E-state index contributed by atoms with van der Waals surface area (Å²) in [5.74, 6) is 0. The molecule has 1 fully saturated rings. The largest absolute Gasteiger partial charge is 0.392 e. The molecule has 1 saturated heterocycles. The monoisotopic (exact) mass is 283 g/mol. The van der Waals surface area contributed by atoms with Crippen molar-refractivity contribution in [3.05, 3.63) is 28.2 Å². The molecule has 0 radical (unpaired) electrons. The second-order valence-corrected chi connectivity index (χ2v) is 5.39. The van der Waals surface area contributed by atoms with Gasteiger partial charge in [-0.1, -0.05) is 22.0 Å². The summed E-state index contributed by atoms with van der Waals surface area (Å²) in [6.07, 6.45) is 3.82. The number of rotatable bonds is 2. The van der Waals surface area contributed by atoms with Crippen LogP contribution in [0.1, 0.15) is 31.7 Å². The van der Waals surface area contributed by atoms with Crippen molar-refractivity contribution in [3.63, 3.8) is 0 Å². The van der Waals surface area contributed by atoms with Gasteiger partial charge in [-0.3, -0.25) is 0 Å². The zero-order valence-electron chi connectivity index (χ0n) is 9.62. The van der Waals surface area contributed by atoms with Gasteiger partial charge in [0.25, 0.3) is 0 Å². The van der Waals surface area contributed by atoms with Gasteiger partial charge in [0.15, 0.2) is 0 Å². The van der Waals surface area contributed by atoms with Crippen LogP contribution in [0.4, 0.5) is 5.69 Å². The molecule has 0 saturated carbocycles. The predicted molar refractivity (Wildman–Crippen MR) is 70.7 cm³/mol. The number of nitrogens with zero attached hydrogens (tertiary/aromatic N) is 1. The maximum Gasteiger partial charge on any atom is 0.0702 e. The van der Waals surface area contributed by atoms with Crippen molar-refractivity contribution in [2.24, 2.45) is 0 Å². The third-order valence-corrected chi connectivity index (χ3v) is 3.82. The van der Waals surface area contributed by atoms with Gasteiger partial charge in [-0.15, -0.1) is 0 Å². The van der Waals surface area contributed by atoms with Gasteiger partial charge in [0.05, 0.1) is 6.61 Å². The van der Waals surface area contributed by atoms with Gasteiger partial charge in [0.2, 0.25) is 0 Å².